The Morgan fingerprint density at radius 2 is 2.27 bits per heavy atom. The lowest BCUT2D eigenvalue weighted by Gasteiger charge is -2.03. The Morgan fingerprint density at radius 1 is 1.55 bits per heavy atom. The van der Waals surface area contributed by atoms with E-state index in [1.54, 1.807) is 0 Å². The summed E-state index contributed by atoms with van der Waals surface area (Å²) in [6.45, 7) is 5.91. The first kappa shape index (κ1) is 8.78. The number of alkyl halides is 1. The average molecular weight is 258 g/mol. The van der Waals surface area contributed by atoms with Crippen molar-refractivity contribution in [3.05, 3.63) is 42.0 Å². The zero-order valence-corrected chi connectivity index (χ0v) is 8.71. The first-order valence-electron chi connectivity index (χ1n) is 3.60. The molecular formula is C10H11I. The van der Waals surface area contributed by atoms with E-state index in [2.05, 4.69) is 60.4 Å². The fourth-order valence-electron chi connectivity index (χ4n) is 0.933. The Kier molecular flexibility index (Phi) is 3.12. The Bertz CT molecular complexity index is 251. The number of hydrogen-bond acceptors (Lipinski definition) is 0. The second-order valence-electron chi connectivity index (χ2n) is 2.49. The van der Waals surface area contributed by atoms with Gasteiger partial charge in [0.15, 0.2) is 0 Å². The summed E-state index contributed by atoms with van der Waals surface area (Å²) in [5, 5.41) is 0. The smallest absolute Gasteiger partial charge is 0.0331 e. The van der Waals surface area contributed by atoms with Crippen LogP contribution in [0.4, 0.5) is 0 Å². The van der Waals surface area contributed by atoms with Gasteiger partial charge in [0.1, 0.15) is 0 Å². The molecule has 58 valence electrons. The molecule has 0 aromatic heterocycles. The summed E-state index contributed by atoms with van der Waals surface area (Å²) < 4.78 is 0.576. The van der Waals surface area contributed by atoms with Crippen molar-refractivity contribution in [2.75, 3.05) is 0 Å². The van der Waals surface area contributed by atoms with Gasteiger partial charge >= 0.3 is 0 Å². The van der Waals surface area contributed by atoms with Crippen LogP contribution < -0.4 is 0 Å². The van der Waals surface area contributed by atoms with E-state index < -0.39 is 0 Å². The summed E-state index contributed by atoms with van der Waals surface area (Å²) in [6.07, 6.45) is 1.88. The van der Waals surface area contributed by atoms with Gasteiger partial charge in [0.2, 0.25) is 0 Å². The van der Waals surface area contributed by atoms with Crippen LogP contribution in [0.25, 0.3) is 6.08 Å². The van der Waals surface area contributed by atoms with Gasteiger partial charge in [-0.1, -0.05) is 59.5 Å². The van der Waals surface area contributed by atoms with Crippen LogP contribution in [0.3, 0.4) is 0 Å². The van der Waals surface area contributed by atoms with Gasteiger partial charge in [-0.2, -0.15) is 0 Å². The van der Waals surface area contributed by atoms with Crippen LogP contribution >= 0.6 is 22.6 Å². The standard InChI is InChI=1S/C10H11I/c1-3-9-5-4-6-10(7-9)8(2)11/h3-8H,1H2,2H3. The van der Waals surface area contributed by atoms with Gasteiger partial charge in [0, 0.05) is 3.92 Å². The minimum atomic E-state index is 0.576. The van der Waals surface area contributed by atoms with Gasteiger partial charge in [0.25, 0.3) is 0 Å². The Balaban J connectivity index is 3.00. The molecule has 0 saturated heterocycles. The van der Waals surface area contributed by atoms with Gasteiger partial charge < -0.3 is 0 Å². The highest BCUT2D eigenvalue weighted by Gasteiger charge is 1.98. The molecule has 0 amide bonds. The molecule has 1 heteroatoms. The van der Waals surface area contributed by atoms with E-state index in [9.17, 15) is 0 Å². The van der Waals surface area contributed by atoms with Crippen LogP contribution in [0.1, 0.15) is 22.0 Å². The molecule has 1 aromatic carbocycles. The van der Waals surface area contributed by atoms with E-state index in [4.69, 9.17) is 0 Å². The molecule has 0 heterocycles. The van der Waals surface area contributed by atoms with E-state index in [-0.39, 0.29) is 0 Å². The maximum absolute atomic E-state index is 3.73. The minimum Gasteiger partial charge on any atom is -0.0985 e. The van der Waals surface area contributed by atoms with Gasteiger partial charge in [-0.15, -0.1) is 0 Å². The zero-order valence-electron chi connectivity index (χ0n) is 6.55. The first-order chi connectivity index (χ1) is 5.24. The first-order valence-corrected chi connectivity index (χ1v) is 4.85. The second kappa shape index (κ2) is 3.90. The molecule has 0 aliphatic rings. The average Bonchev–Trinajstić information content (AvgIpc) is 2.05. The van der Waals surface area contributed by atoms with Gasteiger partial charge in [-0.25, -0.2) is 0 Å². The van der Waals surface area contributed by atoms with Crippen LogP contribution in [0.15, 0.2) is 30.8 Å². The SMILES string of the molecule is C=Cc1cccc(C(C)I)c1. The molecule has 0 radical (unpaired) electrons. The van der Waals surface area contributed by atoms with Gasteiger partial charge in [-0.05, 0) is 18.1 Å². The number of hydrogen-bond donors (Lipinski definition) is 0. The minimum absolute atomic E-state index is 0.576. The normalized spacial score (nSPS) is 12.5. The molecular weight excluding hydrogens is 247 g/mol. The molecule has 1 aromatic rings. The van der Waals surface area contributed by atoms with Crippen molar-refractivity contribution in [3.63, 3.8) is 0 Å². The molecule has 11 heavy (non-hydrogen) atoms. The highest BCUT2D eigenvalue weighted by atomic mass is 127. The molecule has 0 bridgehead atoms. The van der Waals surface area contributed by atoms with Crippen LogP contribution in [0, 0.1) is 0 Å². The predicted molar refractivity (Wildman–Crippen MR) is 59.0 cm³/mol. The molecule has 0 aliphatic carbocycles. The van der Waals surface area contributed by atoms with Crippen molar-refractivity contribution in [3.8, 4) is 0 Å². The molecule has 0 nitrogen and oxygen atoms in total. The van der Waals surface area contributed by atoms with Crippen molar-refractivity contribution in [2.45, 2.75) is 10.8 Å². The molecule has 0 spiro atoms. The Morgan fingerprint density at radius 3 is 2.82 bits per heavy atom. The van der Waals surface area contributed by atoms with Gasteiger partial charge in [-0.3, -0.25) is 0 Å². The third-order valence-corrected chi connectivity index (χ3v) is 2.32. The van der Waals surface area contributed by atoms with Crippen LogP contribution in [0.5, 0.6) is 0 Å². The van der Waals surface area contributed by atoms with Crippen molar-refractivity contribution in [1.29, 1.82) is 0 Å². The lowest BCUT2D eigenvalue weighted by atomic mass is 10.1. The fraction of sp³-hybridized carbons (Fsp3) is 0.200. The third kappa shape index (κ3) is 2.33. The summed E-state index contributed by atoms with van der Waals surface area (Å²) in [5.74, 6) is 0. The summed E-state index contributed by atoms with van der Waals surface area (Å²) in [5.41, 5.74) is 2.56. The summed E-state index contributed by atoms with van der Waals surface area (Å²) in [6, 6.07) is 8.45. The van der Waals surface area contributed by atoms with Crippen LogP contribution in [-0.4, -0.2) is 0 Å². The summed E-state index contributed by atoms with van der Waals surface area (Å²) >= 11 is 2.41. The molecule has 1 rings (SSSR count). The topological polar surface area (TPSA) is 0 Å². The molecule has 0 N–H and O–H groups in total. The molecule has 0 aliphatic heterocycles. The maximum Gasteiger partial charge on any atom is 0.0331 e. The van der Waals surface area contributed by atoms with Crippen LogP contribution in [-0.2, 0) is 0 Å². The van der Waals surface area contributed by atoms with Crippen molar-refractivity contribution >= 4 is 28.7 Å². The number of halogens is 1. The van der Waals surface area contributed by atoms with E-state index in [0.29, 0.717) is 3.92 Å². The van der Waals surface area contributed by atoms with Crippen LogP contribution in [0.2, 0.25) is 0 Å². The zero-order chi connectivity index (χ0) is 8.27. The van der Waals surface area contributed by atoms with E-state index in [1.807, 2.05) is 6.08 Å². The number of rotatable bonds is 2. The highest BCUT2D eigenvalue weighted by molar-refractivity contribution is 14.1. The van der Waals surface area contributed by atoms with E-state index in [0.717, 1.165) is 0 Å². The maximum atomic E-state index is 3.73. The fourth-order valence-corrected chi connectivity index (χ4v) is 1.32. The predicted octanol–water partition coefficient (Wildman–Crippen LogP) is 3.83. The van der Waals surface area contributed by atoms with E-state index >= 15 is 0 Å². The summed E-state index contributed by atoms with van der Waals surface area (Å²) in [4.78, 5) is 0. The lowest BCUT2D eigenvalue weighted by molar-refractivity contribution is 1.15. The quantitative estimate of drug-likeness (QED) is 0.558. The Labute approximate surface area is 81.5 Å². The summed E-state index contributed by atoms with van der Waals surface area (Å²) in [7, 11) is 0. The Hall–Kier alpha value is -0.310. The third-order valence-electron chi connectivity index (χ3n) is 1.61. The second-order valence-corrected chi connectivity index (χ2v) is 4.36. The lowest BCUT2D eigenvalue weighted by Crippen LogP contribution is -1.83. The van der Waals surface area contributed by atoms with Gasteiger partial charge in [0.05, 0.1) is 0 Å². The largest absolute Gasteiger partial charge is 0.0985 e. The van der Waals surface area contributed by atoms with Crippen molar-refractivity contribution in [2.24, 2.45) is 0 Å². The molecule has 1 atom stereocenters. The monoisotopic (exact) mass is 258 g/mol. The molecule has 1 unspecified atom stereocenters. The van der Waals surface area contributed by atoms with Crippen molar-refractivity contribution in [1.82, 2.24) is 0 Å². The number of benzene rings is 1. The van der Waals surface area contributed by atoms with E-state index in [1.165, 1.54) is 11.1 Å². The van der Waals surface area contributed by atoms with Crippen molar-refractivity contribution < 1.29 is 0 Å². The molecule has 0 saturated carbocycles. The molecule has 0 fully saturated rings. The highest BCUT2D eigenvalue weighted by Crippen LogP contribution is 2.22.